The Balaban J connectivity index is 3.56. The molecular formula is C41H78O5Si3. The lowest BCUT2D eigenvalue weighted by molar-refractivity contribution is 0.0156. The van der Waals surface area contributed by atoms with Gasteiger partial charge in [0.1, 0.15) is 6.10 Å². The van der Waals surface area contributed by atoms with Crippen molar-refractivity contribution >= 4 is 30.9 Å². The third-order valence-corrected chi connectivity index (χ3v) is 25.1. The minimum atomic E-state index is -2.19. The van der Waals surface area contributed by atoms with Gasteiger partial charge >= 0.3 is 5.97 Å². The molecule has 0 radical (unpaired) electrons. The molecule has 0 fully saturated rings. The molecule has 0 aromatic heterocycles. The van der Waals surface area contributed by atoms with Gasteiger partial charge in [0.25, 0.3) is 0 Å². The highest BCUT2D eigenvalue weighted by Crippen LogP contribution is 2.42. The summed E-state index contributed by atoms with van der Waals surface area (Å²) in [6.07, 6.45) is 10.6. The number of ether oxygens (including phenoxy) is 1. The molecule has 0 aliphatic rings. The van der Waals surface area contributed by atoms with E-state index in [1.165, 1.54) is 32.1 Å². The van der Waals surface area contributed by atoms with E-state index in [0.29, 0.717) is 12.0 Å². The SMILES string of the molecule is C=C[C@@H](C[C@@H](C[C@@H](C[C@@H](CCCCCCC)O[Si](C)(C)C(C)(C)C)O[Si](C)(C)C(C)(C)C)O[Si](C)(C)C(C)(C)C)OC(=O)c1ccccc1. The molecule has 0 aliphatic carbocycles. The van der Waals surface area contributed by atoms with Crippen LogP contribution in [0.25, 0.3) is 0 Å². The Bertz CT molecular complexity index is 1110. The fourth-order valence-corrected chi connectivity index (χ4v) is 9.34. The van der Waals surface area contributed by atoms with Crippen LogP contribution in [0.5, 0.6) is 0 Å². The number of rotatable bonds is 21. The van der Waals surface area contributed by atoms with Crippen LogP contribution < -0.4 is 0 Å². The normalized spacial score (nSPS) is 16.2. The summed E-state index contributed by atoms with van der Waals surface area (Å²) in [6, 6.07) is 9.20. The monoisotopic (exact) mass is 735 g/mol. The van der Waals surface area contributed by atoms with Gasteiger partial charge in [0.15, 0.2) is 25.0 Å². The van der Waals surface area contributed by atoms with E-state index in [1.54, 1.807) is 18.2 Å². The van der Waals surface area contributed by atoms with Crippen LogP contribution in [0.1, 0.15) is 137 Å². The summed E-state index contributed by atoms with van der Waals surface area (Å²) in [7, 11) is -6.38. The average molecular weight is 735 g/mol. The molecule has 0 aliphatic heterocycles. The second-order valence-corrected chi connectivity index (χ2v) is 33.2. The number of hydrogen-bond acceptors (Lipinski definition) is 5. The summed E-state index contributed by atoms with van der Waals surface area (Å²) >= 11 is 0. The molecule has 0 saturated carbocycles. The number of benzene rings is 1. The molecule has 0 amide bonds. The zero-order chi connectivity index (χ0) is 37.9. The van der Waals surface area contributed by atoms with Crippen LogP contribution in [0.15, 0.2) is 43.0 Å². The van der Waals surface area contributed by atoms with Gasteiger partial charge in [0, 0.05) is 18.6 Å². The molecule has 1 aromatic rings. The second kappa shape index (κ2) is 19.2. The number of hydrogen-bond donors (Lipinski definition) is 0. The third kappa shape index (κ3) is 15.6. The van der Waals surface area contributed by atoms with Crippen LogP contribution in [0, 0.1) is 0 Å². The number of carbonyl (C=O) groups excluding carboxylic acids is 1. The molecule has 49 heavy (non-hydrogen) atoms. The third-order valence-electron chi connectivity index (χ3n) is 11.5. The van der Waals surface area contributed by atoms with Crippen molar-refractivity contribution in [3.8, 4) is 0 Å². The topological polar surface area (TPSA) is 54.0 Å². The van der Waals surface area contributed by atoms with Gasteiger partial charge in [0.05, 0.1) is 11.7 Å². The largest absolute Gasteiger partial charge is 0.454 e. The van der Waals surface area contributed by atoms with Gasteiger partial charge in [-0.05, 0) is 85.8 Å². The Labute approximate surface area is 307 Å². The predicted molar refractivity (Wildman–Crippen MR) is 219 cm³/mol. The second-order valence-electron chi connectivity index (χ2n) is 19.0. The first-order chi connectivity index (χ1) is 22.3. The van der Waals surface area contributed by atoms with E-state index in [4.69, 9.17) is 18.0 Å². The van der Waals surface area contributed by atoms with E-state index in [-0.39, 0.29) is 39.4 Å². The fourth-order valence-electron chi connectivity index (χ4n) is 5.18. The van der Waals surface area contributed by atoms with Crippen LogP contribution in [-0.4, -0.2) is 55.3 Å². The molecule has 0 saturated heterocycles. The molecule has 1 aromatic carbocycles. The van der Waals surface area contributed by atoms with E-state index in [1.807, 2.05) is 18.2 Å². The average Bonchev–Trinajstić information content (AvgIpc) is 2.94. The van der Waals surface area contributed by atoms with Gasteiger partial charge in [-0.15, -0.1) is 0 Å². The number of esters is 1. The summed E-state index contributed by atoms with van der Waals surface area (Å²) in [4.78, 5) is 13.2. The Hall–Kier alpha value is -1.04. The first-order valence-electron chi connectivity index (χ1n) is 19.2. The highest BCUT2D eigenvalue weighted by atomic mass is 28.4. The van der Waals surface area contributed by atoms with Crippen LogP contribution in [-0.2, 0) is 18.0 Å². The molecule has 0 bridgehead atoms. The zero-order valence-electron chi connectivity index (χ0n) is 34.9. The highest BCUT2D eigenvalue weighted by Gasteiger charge is 2.44. The summed E-state index contributed by atoms with van der Waals surface area (Å²) < 4.78 is 27.9. The lowest BCUT2D eigenvalue weighted by Crippen LogP contribution is -2.49. The van der Waals surface area contributed by atoms with E-state index < -0.39 is 31.1 Å². The van der Waals surface area contributed by atoms with Crippen molar-refractivity contribution in [2.75, 3.05) is 0 Å². The summed E-state index contributed by atoms with van der Waals surface area (Å²) in [5.41, 5.74) is 0.542. The number of unbranched alkanes of at least 4 members (excludes halogenated alkanes) is 4. The van der Waals surface area contributed by atoms with Gasteiger partial charge in [-0.25, -0.2) is 4.79 Å². The number of carbonyl (C=O) groups is 1. The molecule has 8 heteroatoms. The lowest BCUT2D eigenvalue weighted by Gasteiger charge is -2.44. The molecule has 0 unspecified atom stereocenters. The Morgan fingerprint density at radius 1 is 0.653 bits per heavy atom. The Kier molecular flexibility index (Phi) is 18.0. The van der Waals surface area contributed by atoms with Gasteiger partial charge in [-0.1, -0.05) is 132 Å². The lowest BCUT2D eigenvalue weighted by atomic mass is 9.98. The smallest absolute Gasteiger partial charge is 0.338 e. The molecule has 5 nitrogen and oxygen atoms in total. The predicted octanol–water partition coefficient (Wildman–Crippen LogP) is 13.1. The van der Waals surface area contributed by atoms with Gasteiger partial charge in [-0.2, -0.15) is 0 Å². The van der Waals surface area contributed by atoms with Crippen LogP contribution in [0.2, 0.25) is 54.4 Å². The van der Waals surface area contributed by atoms with Gasteiger partial charge in [-0.3, -0.25) is 0 Å². The van der Waals surface area contributed by atoms with Gasteiger partial charge < -0.3 is 18.0 Å². The molecule has 0 spiro atoms. The summed E-state index contributed by atoms with van der Waals surface area (Å²) in [6.45, 7) is 41.2. The fraction of sp³-hybridized carbons (Fsp3) is 0.780. The maximum absolute atomic E-state index is 13.2. The van der Waals surface area contributed by atoms with Crippen molar-refractivity contribution < 1.29 is 22.8 Å². The van der Waals surface area contributed by atoms with Crippen molar-refractivity contribution in [2.24, 2.45) is 0 Å². The van der Waals surface area contributed by atoms with Gasteiger partial charge in [0.2, 0.25) is 0 Å². The quantitative estimate of drug-likeness (QED) is 0.0545. The summed E-state index contributed by atoms with van der Waals surface area (Å²) in [5.74, 6) is -0.337. The zero-order valence-corrected chi connectivity index (χ0v) is 37.9. The Morgan fingerprint density at radius 2 is 1.06 bits per heavy atom. The van der Waals surface area contributed by atoms with Crippen LogP contribution in [0.4, 0.5) is 0 Å². The van der Waals surface area contributed by atoms with Crippen molar-refractivity contribution in [3.05, 3.63) is 48.6 Å². The highest BCUT2D eigenvalue weighted by molar-refractivity contribution is 6.75. The van der Waals surface area contributed by atoms with E-state index >= 15 is 0 Å². The molecule has 0 heterocycles. The van der Waals surface area contributed by atoms with E-state index in [9.17, 15) is 4.79 Å². The van der Waals surface area contributed by atoms with Crippen molar-refractivity contribution in [1.29, 1.82) is 0 Å². The molecule has 284 valence electrons. The van der Waals surface area contributed by atoms with Crippen molar-refractivity contribution in [2.45, 2.75) is 206 Å². The Morgan fingerprint density at radius 3 is 1.49 bits per heavy atom. The molecule has 1 rings (SSSR count). The minimum absolute atomic E-state index is 0.0257. The minimum Gasteiger partial charge on any atom is -0.454 e. The maximum atomic E-state index is 13.2. The first-order valence-corrected chi connectivity index (χ1v) is 27.9. The summed E-state index contributed by atoms with van der Waals surface area (Å²) in [5, 5.41) is 0.209. The van der Waals surface area contributed by atoms with E-state index in [0.717, 1.165) is 19.3 Å². The van der Waals surface area contributed by atoms with Crippen molar-refractivity contribution in [1.82, 2.24) is 0 Å². The van der Waals surface area contributed by atoms with Crippen LogP contribution >= 0.6 is 0 Å². The van der Waals surface area contributed by atoms with E-state index in [2.05, 4.69) is 115 Å². The van der Waals surface area contributed by atoms with Crippen LogP contribution in [0.3, 0.4) is 0 Å². The molecule has 4 atom stereocenters. The molecule has 0 N–H and O–H groups in total. The standard InChI is InChI=1S/C41H78O5Si3/c1-18-20-21-22-26-29-35(44-47(12,13)39(3,4)5)31-37(46-49(16,17)41(9,10)11)32-36(45-48(14,15)40(6,7)8)30-34(19-2)43-38(42)33-27-24-23-25-28-33/h19,23-25,27-28,34-37H,2,18,20-22,26,29-32H2,1,3-17H3/t34-,35+,36-,37+/m0/s1. The maximum Gasteiger partial charge on any atom is 0.338 e. The first kappa shape index (κ1) is 46.0. The molecular weight excluding hydrogens is 657 g/mol. The van der Waals surface area contributed by atoms with Crippen molar-refractivity contribution in [3.63, 3.8) is 0 Å².